The van der Waals surface area contributed by atoms with Gasteiger partial charge in [0.2, 0.25) is 0 Å². The molecule has 0 saturated carbocycles. The topological polar surface area (TPSA) is 12.5 Å². The molecule has 3 aliphatic rings. The van der Waals surface area contributed by atoms with E-state index in [9.17, 15) is 0 Å². The van der Waals surface area contributed by atoms with Crippen LogP contribution in [0.4, 0.5) is 0 Å². The predicted molar refractivity (Wildman–Crippen MR) is 201 cm³/mol. The Morgan fingerprint density at radius 1 is 0.286 bits per heavy atom. The second-order valence-corrected chi connectivity index (χ2v) is 13.1. The van der Waals surface area contributed by atoms with Gasteiger partial charge in [-0.15, -0.1) is 0 Å². The Morgan fingerprint density at radius 3 is 1.22 bits per heavy atom. The van der Waals surface area contributed by atoms with Crippen LogP contribution in [0.25, 0.3) is 44.5 Å². The number of allylic oxidation sites excluding steroid dienone is 2. The van der Waals surface area contributed by atoms with Crippen molar-refractivity contribution in [3.8, 4) is 22.3 Å². The Labute approximate surface area is 287 Å². The average Bonchev–Trinajstić information content (AvgIpc) is 3.88. The first kappa shape index (κ1) is 28.0. The van der Waals surface area contributed by atoms with Crippen molar-refractivity contribution in [2.75, 3.05) is 0 Å². The van der Waals surface area contributed by atoms with Crippen molar-refractivity contribution in [3.05, 3.63) is 228 Å². The molecule has 1 nitrogen and oxygen atoms in total. The van der Waals surface area contributed by atoms with E-state index in [1.165, 1.54) is 72.4 Å². The molecular weight excluding hydrogens is 593 g/mol. The van der Waals surface area contributed by atoms with Crippen LogP contribution < -0.4 is 0 Å². The Balaban J connectivity index is 1.39. The molecule has 7 aromatic carbocycles. The molecule has 0 N–H and O–H groups in total. The highest BCUT2D eigenvalue weighted by molar-refractivity contribution is 6.35. The molecule has 2 aliphatic carbocycles. The Hall–Kier alpha value is -6.02. The average molecular weight is 625 g/mol. The highest BCUT2D eigenvalue weighted by Crippen LogP contribution is 2.81. The first-order valence-electron chi connectivity index (χ1n) is 17.0. The van der Waals surface area contributed by atoms with Gasteiger partial charge in [0.25, 0.3) is 0 Å². The van der Waals surface area contributed by atoms with E-state index in [2.05, 4.69) is 194 Å². The zero-order valence-electron chi connectivity index (χ0n) is 26.9. The van der Waals surface area contributed by atoms with Gasteiger partial charge in [-0.25, -0.2) is 0 Å². The highest BCUT2D eigenvalue weighted by Gasteiger charge is 2.79. The fourth-order valence-corrected chi connectivity index (χ4v) is 8.61. The summed E-state index contributed by atoms with van der Waals surface area (Å²) in [6.07, 6.45) is 0. The fourth-order valence-electron chi connectivity index (χ4n) is 8.61. The SMILES string of the molecule is c1ccc(C2=C(c3ccccc3)C3(c4ccccc4)OC3(c3ccccc3)C3=C2c2c3ccc(-c3ccccc3)c2-c2ccccc2)cc1. The summed E-state index contributed by atoms with van der Waals surface area (Å²) in [6.45, 7) is 0. The molecule has 0 amide bonds. The summed E-state index contributed by atoms with van der Waals surface area (Å²) in [6, 6.07) is 70.0. The van der Waals surface area contributed by atoms with E-state index < -0.39 is 11.2 Å². The van der Waals surface area contributed by atoms with Gasteiger partial charge >= 0.3 is 0 Å². The summed E-state index contributed by atoms with van der Waals surface area (Å²) < 4.78 is 7.58. The van der Waals surface area contributed by atoms with Crippen LogP contribution in [-0.2, 0) is 15.9 Å². The van der Waals surface area contributed by atoms with Gasteiger partial charge in [0.1, 0.15) is 0 Å². The first-order chi connectivity index (χ1) is 24.3. The van der Waals surface area contributed by atoms with E-state index in [4.69, 9.17) is 4.74 Å². The third-order valence-electron chi connectivity index (χ3n) is 10.6. The van der Waals surface area contributed by atoms with Crippen molar-refractivity contribution < 1.29 is 4.74 Å². The molecule has 1 heteroatoms. The lowest BCUT2D eigenvalue weighted by molar-refractivity contribution is 0.317. The highest BCUT2D eigenvalue weighted by atomic mass is 16.6. The van der Waals surface area contributed by atoms with E-state index in [0.29, 0.717) is 0 Å². The number of benzene rings is 7. The summed E-state index contributed by atoms with van der Waals surface area (Å²) in [7, 11) is 0. The first-order valence-corrected chi connectivity index (χ1v) is 17.0. The number of hydrogen-bond acceptors (Lipinski definition) is 1. The minimum atomic E-state index is -0.732. The van der Waals surface area contributed by atoms with Crippen LogP contribution in [0.3, 0.4) is 0 Å². The third kappa shape index (κ3) is 3.85. The second-order valence-electron chi connectivity index (χ2n) is 13.1. The van der Waals surface area contributed by atoms with E-state index >= 15 is 0 Å². The van der Waals surface area contributed by atoms with Gasteiger partial charge in [0, 0.05) is 11.1 Å². The van der Waals surface area contributed by atoms with Crippen LogP contribution in [-0.4, -0.2) is 0 Å². The van der Waals surface area contributed by atoms with Crippen LogP contribution in [0.5, 0.6) is 0 Å². The molecule has 1 saturated heterocycles. The molecule has 2 atom stereocenters. The minimum Gasteiger partial charge on any atom is -0.342 e. The zero-order valence-corrected chi connectivity index (χ0v) is 26.9. The monoisotopic (exact) mass is 624 g/mol. The number of hydrogen-bond donors (Lipinski definition) is 0. The van der Waals surface area contributed by atoms with Gasteiger partial charge in [-0.05, 0) is 66.8 Å². The minimum absolute atomic E-state index is 0.705. The van der Waals surface area contributed by atoms with Gasteiger partial charge in [-0.3, -0.25) is 0 Å². The van der Waals surface area contributed by atoms with E-state index in [-0.39, 0.29) is 0 Å². The molecule has 1 aliphatic heterocycles. The van der Waals surface area contributed by atoms with E-state index in [1.54, 1.807) is 0 Å². The van der Waals surface area contributed by atoms with E-state index in [0.717, 1.165) is 5.56 Å². The maximum atomic E-state index is 7.58. The molecule has 1 fully saturated rings. The Morgan fingerprint density at radius 2 is 0.694 bits per heavy atom. The molecule has 7 aromatic rings. The van der Waals surface area contributed by atoms with Crippen molar-refractivity contribution in [2.45, 2.75) is 11.2 Å². The fraction of sp³-hybridized carbons (Fsp3) is 0.0417. The van der Waals surface area contributed by atoms with Crippen LogP contribution in [0, 0.1) is 0 Å². The smallest absolute Gasteiger partial charge is 0.159 e. The van der Waals surface area contributed by atoms with Crippen molar-refractivity contribution in [1.29, 1.82) is 0 Å². The van der Waals surface area contributed by atoms with Gasteiger partial charge in [-0.1, -0.05) is 194 Å². The van der Waals surface area contributed by atoms with Gasteiger partial charge < -0.3 is 4.74 Å². The molecule has 2 unspecified atom stereocenters. The predicted octanol–water partition coefficient (Wildman–Crippen LogP) is 11.7. The molecule has 0 spiro atoms. The largest absolute Gasteiger partial charge is 0.342 e. The summed E-state index contributed by atoms with van der Waals surface area (Å²) in [5.41, 5.74) is 15.7. The maximum Gasteiger partial charge on any atom is 0.159 e. The molecule has 49 heavy (non-hydrogen) atoms. The van der Waals surface area contributed by atoms with Gasteiger partial charge in [0.05, 0.1) is 0 Å². The summed E-state index contributed by atoms with van der Waals surface area (Å²) in [4.78, 5) is 0. The molecule has 0 radical (unpaired) electrons. The standard InChI is InChI=1S/C48H32O/c1-7-19-33(20-8-1)39-31-32-40-43(41(39)34-21-9-2-10-22-34)44-42(35-23-11-3-12-24-35)45(36-25-13-4-14-26-36)47(37-27-15-5-16-28-37)48(49-47,46(40)44)38-29-17-6-18-30-38/h1-32H. The van der Waals surface area contributed by atoms with Crippen molar-refractivity contribution in [3.63, 3.8) is 0 Å². The third-order valence-corrected chi connectivity index (χ3v) is 10.6. The lowest BCUT2D eigenvalue weighted by Gasteiger charge is -2.43. The van der Waals surface area contributed by atoms with E-state index in [1.807, 2.05) is 0 Å². The Bertz CT molecular complexity index is 2410. The lowest BCUT2D eigenvalue weighted by Crippen LogP contribution is -2.34. The van der Waals surface area contributed by atoms with Crippen molar-refractivity contribution >= 4 is 22.3 Å². The molecule has 10 rings (SSSR count). The van der Waals surface area contributed by atoms with Crippen molar-refractivity contribution in [1.82, 2.24) is 0 Å². The number of epoxide rings is 1. The molecule has 1 heterocycles. The normalized spacial score (nSPS) is 20.2. The number of rotatable bonds is 6. The summed E-state index contributed by atoms with van der Waals surface area (Å²) >= 11 is 0. The zero-order chi connectivity index (χ0) is 32.4. The summed E-state index contributed by atoms with van der Waals surface area (Å²) in [5.74, 6) is 0. The lowest BCUT2D eigenvalue weighted by atomic mass is 9.56. The second kappa shape index (κ2) is 10.8. The van der Waals surface area contributed by atoms with Gasteiger partial charge in [-0.2, -0.15) is 0 Å². The summed E-state index contributed by atoms with van der Waals surface area (Å²) in [5, 5.41) is 0. The molecular formula is C48H32O. The van der Waals surface area contributed by atoms with Crippen LogP contribution in [0.1, 0.15) is 33.4 Å². The maximum absolute atomic E-state index is 7.58. The van der Waals surface area contributed by atoms with Crippen molar-refractivity contribution in [2.24, 2.45) is 0 Å². The van der Waals surface area contributed by atoms with Crippen LogP contribution in [0.15, 0.2) is 194 Å². The van der Waals surface area contributed by atoms with Crippen LogP contribution >= 0.6 is 0 Å². The molecule has 0 bridgehead atoms. The quantitative estimate of drug-likeness (QED) is 0.168. The molecule has 230 valence electrons. The molecule has 0 aromatic heterocycles. The Kier molecular flexibility index (Phi) is 6.15. The number of ether oxygens (including phenoxy) is 1. The van der Waals surface area contributed by atoms with Crippen LogP contribution in [0.2, 0.25) is 0 Å². The number of fused-ring (bicyclic) bond motifs is 5. The van der Waals surface area contributed by atoms with Gasteiger partial charge in [0.15, 0.2) is 11.2 Å².